The van der Waals surface area contributed by atoms with Gasteiger partial charge in [0.2, 0.25) is 0 Å². The van der Waals surface area contributed by atoms with E-state index in [0.29, 0.717) is 17.7 Å². The summed E-state index contributed by atoms with van der Waals surface area (Å²) in [5.74, 6) is -0.0498. The van der Waals surface area contributed by atoms with Gasteiger partial charge in [0, 0.05) is 0 Å². The van der Waals surface area contributed by atoms with Gasteiger partial charge in [-0.1, -0.05) is 0 Å². The van der Waals surface area contributed by atoms with E-state index < -0.39 is 19.1 Å². The average Bonchev–Trinajstić information content (AvgIpc) is 2.65. The third-order valence-electron chi connectivity index (χ3n) is 3.61. The first-order valence-corrected chi connectivity index (χ1v) is 15.4. The average molecular weight is 483 g/mol. The van der Waals surface area contributed by atoms with Gasteiger partial charge in [-0.3, -0.25) is 0 Å². The molecule has 3 N–H and O–H groups in total. The number of anilines is 1. The van der Waals surface area contributed by atoms with Crippen LogP contribution in [0, 0.1) is 4.91 Å². The quantitative estimate of drug-likeness (QED) is 0.303. The summed E-state index contributed by atoms with van der Waals surface area (Å²) >= 11 is -1.63. The number of aromatic hydroxyl groups is 1. The van der Waals surface area contributed by atoms with Crippen molar-refractivity contribution in [3.8, 4) is 5.75 Å². The molecule has 0 radical (unpaired) electrons. The van der Waals surface area contributed by atoms with E-state index in [1.54, 1.807) is 18.2 Å². The first kappa shape index (κ1) is 20.5. The molecule has 1 amide bonds. The Morgan fingerprint density at radius 2 is 2.04 bits per heavy atom. The second kappa shape index (κ2) is 9.80. The van der Waals surface area contributed by atoms with Gasteiger partial charge in [0.25, 0.3) is 0 Å². The van der Waals surface area contributed by atoms with Crippen molar-refractivity contribution in [1.29, 1.82) is 0 Å². The number of phenolic OH excluding ortho intramolecular Hbond substituents is 1. The van der Waals surface area contributed by atoms with E-state index in [2.05, 4.69) is 23.1 Å². The van der Waals surface area contributed by atoms with Gasteiger partial charge in [0.05, 0.1) is 0 Å². The van der Waals surface area contributed by atoms with Gasteiger partial charge >= 0.3 is 158 Å². The number of carbonyl (C=O) groups is 1. The van der Waals surface area contributed by atoms with E-state index in [1.807, 2.05) is 20.2 Å². The minimum atomic E-state index is -1.63. The van der Waals surface area contributed by atoms with Crippen molar-refractivity contribution < 1.29 is 9.90 Å². The molecule has 138 valence electrons. The topological polar surface area (TPSA) is 94.0 Å². The molecule has 0 heterocycles. The zero-order valence-corrected chi connectivity index (χ0v) is 18.1. The van der Waals surface area contributed by atoms with Crippen LogP contribution in [0.25, 0.3) is 0 Å². The maximum atomic E-state index is 12.3. The molecule has 0 aliphatic carbocycles. The molecule has 26 heavy (non-hydrogen) atoms. The third-order valence-corrected chi connectivity index (χ3v) is 12.6. The van der Waals surface area contributed by atoms with Crippen LogP contribution in [0.4, 0.5) is 11.4 Å². The summed E-state index contributed by atoms with van der Waals surface area (Å²) in [5, 5.41) is 15.9. The van der Waals surface area contributed by atoms with Gasteiger partial charge in [-0.25, -0.2) is 0 Å². The van der Waals surface area contributed by atoms with Gasteiger partial charge in [0.15, 0.2) is 0 Å². The molecule has 9 heteroatoms. The van der Waals surface area contributed by atoms with Crippen molar-refractivity contribution in [3.05, 3.63) is 58.5 Å². The zero-order valence-electron chi connectivity index (χ0n) is 14.8. The predicted molar refractivity (Wildman–Crippen MR) is 108 cm³/mol. The number of nitrogens with zero attached hydrogens (tertiary/aromatic N) is 2. The molecule has 0 aliphatic rings. The second-order valence-corrected chi connectivity index (χ2v) is 16.1. The summed E-state index contributed by atoms with van der Waals surface area (Å²) in [6.07, 6.45) is 0. The van der Waals surface area contributed by atoms with Crippen LogP contribution in [0.5, 0.6) is 5.75 Å². The standard InChI is InChI=1S/C14H12N3O3S.C2H6N.CH3.Sb/c18-13-5-4-12(16-20)7-10(13)8-15-11-3-1-2-9(6-11)14(19)17-21;1-3-2;;/h1-7,15H,8H2,(H2-,16,17,18,19,20,21);1-2H3;1H3;/q2*-1;;+2. The fourth-order valence-corrected chi connectivity index (χ4v) is 5.72. The van der Waals surface area contributed by atoms with Crippen LogP contribution in [0.2, 0.25) is 4.87 Å². The SMILES string of the molecule is C[N](C)[Sb]([CH3])[S]NC(=O)c1cccc(NCc2cc(N=O)ccc2O)c1. The van der Waals surface area contributed by atoms with Crippen LogP contribution in [-0.4, -0.2) is 47.3 Å². The Bertz CT molecular complexity index is 788. The molecule has 0 bridgehead atoms. The van der Waals surface area contributed by atoms with Crippen LogP contribution in [0.3, 0.4) is 0 Å². The first-order chi connectivity index (χ1) is 12.4. The zero-order chi connectivity index (χ0) is 19.1. The van der Waals surface area contributed by atoms with Crippen molar-refractivity contribution in [1.82, 2.24) is 7.78 Å². The van der Waals surface area contributed by atoms with E-state index in [9.17, 15) is 14.8 Å². The Kier molecular flexibility index (Phi) is 7.75. The number of phenols is 1. The van der Waals surface area contributed by atoms with Gasteiger partial charge in [-0.15, -0.1) is 4.91 Å². The molecule has 0 aromatic heterocycles. The Balaban J connectivity index is 2.00. The molecule has 0 unspecified atom stereocenters. The molecular formula is C17H21N4O3SSb. The molecule has 2 rings (SSSR count). The normalized spacial score (nSPS) is 10.8. The fraction of sp³-hybridized carbons (Fsp3) is 0.235. The number of hydrogen-bond donors (Lipinski definition) is 3. The molecular weight excluding hydrogens is 462 g/mol. The van der Waals surface area contributed by atoms with Crippen molar-refractivity contribution in [2.24, 2.45) is 5.18 Å². The summed E-state index contributed by atoms with van der Waals surface area (Å²) in [7, 11) is 5.58. The van der Waals surface area contributed by atoms with E-state index >= 15 is 0 Å². The number of carbonyl (C=O) groups excluding carboxylic acids is 1. The van der Waals surface area contributed by atoms with Gasteiger partial charge in [0.1, 0.15) is 0 Å². The number of hydrogen-bond acceptors (Lipinski definition) is 7. The Morgan fingerprint density at radius 3 is 2.73 bits per heavy atom. The third kappa shape index (κ3) is 5.90. The van der Waals surface area contributed by atoms with Crippen LogP contribution < -0.4 is 10.0 Å². The van der Waals surface area contributed by atoms with Crippen molar-refractivity contribution >= 4 is 45.4 Å². The number of benzene rings is 2. The van der Waals surface area contributed by atoms with Gasteiger partial charge < -0.3 is 0 Å². The number of nitroso groups, excluding NO2 is 1. The number of nitrogens with one attached hydrogen (secondary N) is 2. The van der Waals surface area contributed by atoms with Crippen molar-refractivity contribution in [3.63, 3.8) is 0 Å². The monoisotopic (exact) mass is 482 g/mol. The summed E-state index contributed by atoms with van der Waals surface area (Å²) in [6, 6.07) is 11.5. The van der Waals surface area contributed by atoms with Gasteiger partial charge in [-0.2, -0.15) is 0 Å². The first-order valence-electron chi connectivity index (χ1n) is 7.78. The molecule has 0 aliphatic heterocycles. The van der Waals surface area contributed by atoms with E-state index in [1.165, 1.54) is 27.2 Å². The van der Waals surface area contributed by atoms with Crippen LogP contribution >= 0.6 is 9.04 Å². The Labute approximate surface area is 163 Å². The fourth-order valence-electron chi connectivity index (χ4n) is 1.99. The molecule has 0 saturated heterocycles. The maximum absolute atomic E-state index is 12.3. The van der Waals surface area contributed by atoms with Crippen molar-refractivity contribution in [2.45, 2.75) is 11.4 Å². The van der Waals surface area contributed by atoms with Crippen molar-refractivity contribution in [2.75, 3.05) is 19.4 Å². The Morgan fingerprint density at radius 1 is 1.27 bits per heavy atom. The van der Waals surface area contributed by atoms with Gasteiger partial charge in [-0.05, 0) is 0 Å². The number of amides is 1. The van der Waals surface area contributed by atoms with E-state index in [0.717, 1.165) is 5.69 Å². The molecule has 0 atom stereocenters. The van der Waals surface area contributed by atoms with Crippen LogP contribution in [-0.2, 0) is 6.54 Å². The summed E-state index contributed by atoms with van der Waals surface area (Å²) in [4.78, 5) is 25.1. The number of rotatable bonds is 8. The minimum absolute atomic E-state index is 0.0828. The molecule has 0 saturated carbocycles. The summed E-state index contributed by atoms with van der Waals surface area (Å²) in [6.45, 7) is 0.307. The molecule has 2 aromatic carbocycles. The molecule has 0 fully saturated rings. The molecule has 0 spiro atoms. The van der Waals surface area contributed by atoms with E-state index in [-0.39, 0.29) is 17.3 Å². The Hall–Kier alpha value is -1.76. The predicted octanol–water partition coefficient (Wildman–Crippen LogP) is 3.46. The summed E-state index contributed by atoms with van der Waals surface area (Å²) < 4.78 is 5.09. The second-order valence-electron chi connectivity index (χ2n) is 5.67. The van der Waals surface area contributed by atoms with Crippen LogP contribution in [0.1, 0.15) is 15.9 Å². The van der Waals surface area contributed by atoms with Crippen LogP contribution in [0.15, 0.2) is 47.6 Å². The molecule has 7 nitrogen and oxygen atoms in total. The van der Waals surface area contributed by atoms with E-state index in [4.69, 9.17) is 0 Å². The molecule has 2 aromatic rings. The summed E-state index contributed by atoms with van der Waals surface area (Å²) in [5.41, 5.74) is 2.11.